The largest absolute Gasteiger partial charge is 0.377 e. The summed E-state index contributed by atoms with van der Waals surface area (Å²) in [4.78, 5) is 32.2. The first kappa shape index (κ1) is 25.5. The molecule has 3 heterocycles. The highest BCUT2D eigenvalue weighted by Crippen LogP contribution is 2.33. The van der Waals surface area contributed by atoms with Gasteiger partial charge in [0.05, 0.1) is 43.2 Å². The van der Waals surface area contributed by atoms with Gasteiger partial charge in [-0.2, -0.15) is 0 Å². The molecule has 9 heteroatoms. The summed E-state index contributed by atoms with van der Waals surface area (Å²) in [6.45, 7) is 8.35. The van der Waals surface area contributed by atoms with Gasteiger partial charge in [-0.25, -0.2) is 9.97 Å². The van der Waals surface area contributed by atoms with Gasteiger partial charge >= 0.3 is 0 Å². The van der Waals surface area contributed by atoms with Gasteiger partial charge < -0.3 is 15.1 Å². The van der Waals surface area contributed by atoms with Crippen LogP contribution in [0.25, 0.3) is 10.8 Å². The second-order valence-electron chi connectivity index (χ2n) is 9.90. The molecule has 2 aromatic carbocycles. The quantitative estimate of drug-likeness (QED) is 0.365. The van der Waals surface area contributed by atoms with E-state index in [0.29, 0.717) is 6.67 Å². The average Bonchev–Trinajstić information content (AvgIpc) is 3.41. The first-order valence-corrected chi connectivity index (χ1v) is 12.8. The standard InChI is InChI=1S/C29H35N7O2/c1-19-13-23(20(2)32-26-9-7-8-10-27(26)34(5)38-6)24-15-28(33(4)29(37)25(24)14-19)36-12-11-35(18-36)22-16-30-21(3)31-17-22/h7-10,13-17,20,32H,11-12,18H2,1-6H3. The molecule has 0 aliphatic carbocycles. The number of nitrogens with zero attached hydrogens (tertiary/aromatic N) is 6. The third kappa shape index (κ3) is 4.77. The van der Waals surface area contributed by atoms with Crippen LogP contribution >= 0.6 is 0 Å². The maximum absolute atomic E-state index is 13.6. The van der Waals surface area contributed by atoms with E-state index in [4.69, 9.17) is 4.84 Å². The molecule has 1 atom stereocenters. The number of aromatic nitrogens is 3. The predicted octanol–water partition coefficient (Wildman–Crippen LogP) is 4.40. The lowest BCUT2D eigenvalue weighted by Crippen LogP contribution is -2.31. The molecule has 5 rings (SSSR count). The summed E-state index contributed by atoms with van der Waals surface area (Å²) in [7, 11) is 5.39. The van der Waals surface area contributed by atoms with E-state index >= 15 is 0 Å². The SMILES string of the molecule is CON(C)c1ccccc1NC(C)c1cc(C)cc2c(=O)n(C)c(N3CCN(c4cnc(C)nc4)C3)cc12. The molecule has 0 bridgehead atoms. The van der Waals surface area contributed by atoms with Gasteiger partial charge in [0.1, 0.15) is 11.6 Å². The number of hydrogen-bond acceptors (Lipinski definition) is 8. The van der Waals surface area contributed by atoms with Gasteiger partial charge in [-0.1, -0.05) is 18.2 Å². The van der Waals surface area contributed by atoms with E-state index in [1.165, 1.54) is 0 Å². The van der Waals surface area contributed by atoms with E-state index < -0.39 is 0 Å². The number of pyridine rings is 1. The lowest BCUT2D eigenvalue weighted by atomic mass is 9.97. The molecule has 2 aromatic heterocycles. The Labute approximate surface area is 223 Å². The highest BCUT2D eigenvalue weighted by Gasteiger charge is 2.25. The Hall–Kier alpha value is -4.11. The number of rotatable bonds is 7. The average molecular weight is 514 g/mol. The molecule has 1 N–H and O–H groups in total. The molecule has 1 fully saturated rings. The minimum Gasteiger partial charge on any atom is -0.377 e. The van der Waals surface area contributed by atoms with Crippen LogP contribution in [0.3, 0.4) is 0 Å². The second-order valence-corrected chi connectivity index (χ2v) is 9.90. The van der Waals surface area contributed by atoms with Gasteiger partial charge in [-0.05, 0) is 61.5 Å². The van der Waals surface area contributed by atoms with Gasteiger partial charge in [-0.15, -0.1) is 0 Å². The fraction of sp³-hybridized carbons (Fsp3) is 0.345. The summed E-state index contributed by atoms with van der Waals surface area (Å²) >= 11 is 0. The minimum atomic E-state index is -0.0523. The van der Waals surface area contributed by atoms with Crippen molar-refractivity contribution in [2.45, 2.75) is 26.8 Å². The highest BCUT2D eigenvalue weighted by atomic mass is 16.7. The highest BCUT2D eigenvalue weighted by molar-refractivity contribution is 5.89. The van der Waals surface area contributed by atoms with Crippen molar-refractivity contribution >= 4 is 33.7 Å². The van der Waals surface area contributed by atoms with E-state index in [-0.39, 0.29) is 11.6 Å². The number of nitrogens with one attached hydrogen (secondary N) is 1. The zero-order valence-corrected chi connectivity index (χ0v) is 22.9. The molecule has 0 spiro atoms. The molecular weight excluding hydrogens is 478 g/mol. The molecule has 1 saturated heterocycles. The number of aryl methyl sites for hydroxylation is 2. The summed E-state index contributed by atoms with van der Waals surface area (Å²) in [5.41, 5.74) is 5.02. The zero-order valence-electron chi connectivity index (χ0n) is 22.9. The van der Waals surface area contributed by atoms with Crippen LogP contribution in [-0.4, -0.2) is 48.5 Å². The van der Waals surface area contributed by atoms with Crippen molar-refractivity contribution in [3.05, 3.63) is 82.2 Å². The van der Waals surface area contributed by atoms with Crippen molar-refractivity contribution in [1.82, 2.24) is 14.5 Å². The Bertz CT molecular complexity index is 1520. The molecule has 4 aromatic rings. The zero-order chi connectivity index (χ0) is 27.0. The van der Waals surface area contributed by atoms with Crippen molar-refractivity contribution in [3.8, 4) is 0 Å². The number of hydrogen-bond donors (Lipinski definition) is 1. The van der Waals surface area contributed by atoms with Gasteiger partial charge in [0.2, 0.25) is 0 Å². The van der Waals surface area contributed by atoms with Gasteiger partial charge in [0, 0.05) is 38.6 Å². The van der Waals surface area contributed by atoms with Crippen molar-refractivity contribution in [1.29, 1.82) is 0 Å². The van der Waals surface area contributed by atoms with Crippen LogP contribution in [0.1, 0.15) is 29.9 Å². The lowest BCUT2D eigenvalue weighted by Gasteiger charge is -2.26. The van der Waals surface area contributed by atoms with Crippen molar-refractivity contribution < 1.29 is 4.84 Å². The maximum Gasteiger partial charge on any atom is 0.259 e. The summed E-state index contributed by atoms with van der Waals surface area (Å²) in [5.74, 6) is 1.65. The molecule has 198 valence electrons. The number of benzene rings is 2. The Morgan fingerprint density at radius 2 is 1.74 bits per heavy atom. The van der Waals surface area contributed by atoms with Crippen LogP contribution in [-0.2, 0) is 11.9 Å². The Balaban J connectivity index is 1.52. The third-order valence-corrected chi connectivity index (χ3v) is 7.30. The number of hydroxylamine groups is 1. The van der Waals surface area contributed by atoms with Crippen LogP contribution in [0.5, 0.6) is 0 Å². The minimum absolute atomic E-state index is 0.00582. The van der Waals surface area contributed by atoms with E-state index in [1.54, 1.807) is 16.7 Å². The van der Waals surface area contributed by atoms with E-state index in [2.05, 4.69) is 44.1 Å². The number of para-hydroxylation sites is 2. The van der Waals surface area contributed by atoms with Crippen molar-refractivity contribution in [2.75, 3.05) is 54.1 Å². The molecule has 0 radical (unpaired) electrons. The van der Waals surface area contributed by atoms with Crippen LogP contribution in [0.15, 0.2) is 59.7 Å². The summed E-state index contributed by atoms with van der Waals surface area (Å²) in [6, 6.07) is 14.3. The van der Waals surface area contributed by atoms with Gasteiger partial charge in [0.15, 0.2) is 0 Å². The lowest BCUT2D eigenvalue weighted by molar-refractivity contribution is 0.185. The molecule has 38 heavy (non-hydrogen) atoms. The van der Waals surface area contributed by atoms with E-state index in [1.807, 2.05) is 70.7 Å². The topological polar surface area (TPSA) is 78.8 Å². The molecule has 0 amide bonds. The smallest absolute Gasteiger partial charge is 0.259 e. The predicted molar refractivity (Wildman–Crippen MR) is 154 cm³/mol. The molecule has 1 unspecified atom stereocenters. The Kier molecular flexibility index (Phi) is 6.94. The van der Waals surface area contributed by atoms with Gasteiger partial charge in [0.25, 0.3) is 5.56 Å². The fourth-order valence-electron chi connectivity index (χ4n) is 5.15. The van der Waals surface area contributed by atoms with Crippen LogP contribution in [0.4, 0.5) is 22.9 Å². The van der Waals surface area contributed by atoms with Crippen LogP contribution in [0, 0.1) is 13.8 Å². The van der Waals surface area contributed by atoms with E-state index in [9.17, 15) is 4.79 Å². The van der Waals surface area contributed by atoms with Crippen molar-refractivity contribution in [2.24, 2.45) is 7.05 Å². The fourth-order valence-corrected chi connectivity index (χ4v) is 5.15. The molecular formula is C29H35N7O2. The Morgan fingerprint density at radius 3 is 2.47 bits per heavy atom. The molecule has 1 aliphatic heterocycles. The molecule has 0 saturated carbocycles. The normalized spacial score (nSPS) is 14.3. The van der Waals surface area contributed by atoms with Gasteiger partial charge in [-0.3, -0.25) is 19.3 Å². The van der Waals surface area contributed by atoms with Crippen LogP contribution in [0.2, 0.25) is 0 Å². The second kappa shape index (κ2) is 10.3. The monoisotopic (exact) mass is 513 g/mol. The summed E-state index contributed by atoms with van der Waals surface area (Å²) in [6.07, 6.45) is 3.72. The Morgan fingerprint density at radius 1 is 1.03 bits per heavy atom. The first-order valence-electron chi connectivity index (χ1n) is 12.8. The molecule has 1 aliphatic rings. The summed E-state index contributed by atoms with van der Waals surface area (Å²) in [5, 5.41) is 7.07. The molecule has 9 nitrogen and oxygen atoms in total. The number of anilines is 4. The van der Waals surface area contributed by atoms with E-state index in [0.717, 1.165) is 63.7 Å². The van der Waals surface area contributed by atoms with Crippen molar-refractivity contribution in [3.63, 3.8) is 0 Å². The number of fused-ring (bicyclic) bond motifs is 1. The summed E-state index contributed by atoms with van der Waals surface area (Å²) < 4.78 is 1.77. The maximum atomic E-state index is 13.6. The third-order valence-electron chi connectivity index (χ3n) is 7.30. The van der Waals surface area contributed by atoms with Crippen LogP contribution < -0.4 is 25.7 Å². The first-order chi connectivity index (χ1) is 18.3.